The zero-order valence-electron chi connectivity index (χ0n) is 10.3. The molecule has 17 heavy (non-hydrogen) atoms. The second-order valence-electron chi connectivity index (χ2n) is 5.60. The smallest absolute Gasteiger partial charge is 0.166 e. The lowest BCUT2D eigenvalue weighted by molar-refractivity contribution is 0.0940. The van der Waals surface area contributed by atoms with E-state index in [4.69, 9.17) is 0 Å². The normalized spacial score (nSPS) is 25.8. The first-order valence-corrected chi connectivity index (χ1v) is 6.53. The molecule has 2 heteroatoms. The summed E-state index contributed by atoms with van der Waals surface area (Å²) in [7, 11) is 0. The Balaban J connectivity index is 1.74. The van der Waals surface area contributed by atoms with Gasteiger partial charge in [-0.2, -0.15) is 0 Å². The molecule has 2 aliphatic rings. The van der Waals surface area contributed by atoms with E-state index in [1.54, 1.807) is 0 Å². The molecule has 0 radical (unpaired) electrons. The third-order valence-electron chi connectivity index (χ3n) is 4.44. The van der Waals surface area contributed by atoms with Crippen molar-refractivity contribution in [2.45, 2.75) is 26.2 Å². The monoisotopic (exact) mass is 229 g/mol. The summed E-state index contributed by atoms with van der Waals surface area (Å²) in [6.45, 7) is 4.22. The highest BCUT2D eigenvalue weighted by Gasteiger charge is 2.57. The van der Waals surface area contributed by atoms with Crippen molar-refractivity contribution < 1.29 is 4.79 Å². The Kier molecular flexibility index (Phi) is 2.55. The summed E-state index contributed by atoms with van der Waals surface area (Å²) >= 11 is 0. The van der Waals surface area contributed by atoms with E-state index in [9.17, 15) is 4.79 Å². The second-order valence-corrected chi connectivity index (χ2v) is 5.60. The minimum atomic E-state index is 0.298. The lowest BCUT2D eigenvalue weighted by atomic mass is 9.89. The number of ketones is 1. The molecule has 3 rings (SSSR count). The Morgan fingerprint density at radius 3 is 2.53 bits per heavy atom. The van der Waals surface area contributed by atoms with Crippen molar-refractivity contribution in [2.75, 3.05) is 13.1 Å². The third kappa shape index (κ3) is 1.91. The van der Waals surface area contributed by atoms with E-state index in [0.29, 0.717) is 17.1 Å². The number of carbonyl (C=O) groups excluding carboxylic acids is 1. The highest BCUT2D eigenvalue weighted by atomic mass is 16.1. The van der Waals surface area contributed by atoms with E-state index >= 15 is 0 Å². The molecule has 1 saturated heterocycles. The molecular formula is C15H19NO. The van der Waals surface area contributed by atoms with E-state index in [-0.39, 0.29) is 0 Å². The quantitative estimate of drug-likeness (QED) is 0.790. The third-order valence-corrected chi connectivity index (χ3v) is 4.44. The molecule has 0 amide bonds. The van der Waals surface area contributed by atoms with Gasteiger partial charge in [0.05, 0.1) is 0 Å². The lowest BCUT2D eigenvalue weighted by Crippen LogP contribution is -2.30. The lowest BCUT2D eigenvalue weighted by Gasteiger charge is -2.23. The molecule has 2 nitrogen and oxygen atoms in total. The summed E-state index contributed by atoms with van der Waals surface area (Å²) in [6, 6.07) is 8.02. The van der Waals surface area contributed by atoms with Gasteiger partial charge in [-0.05, 0) is 44.7 Å². The van der Waals surface area contributed by atoms with Gasteiger partial charge in [0.2, 0.25) is 0 Å². The molecule has 2 fully saturated rings. The van der Waals surface area contributed by atoms with Gasteiger partial charge in [0.25, 0.3) is 0 Å². The Bertz CT molecular complexity index is 429. The minimum Gasteiger partial charge on any atom is -0.317 e. The Labute approximate surface area is 102 Å². The fraction of sp³-hybridized carbons (Fsp3) is 0.533. The van der Waals surface area contributed by atoms with Crippen molar-refractivity contribution in [3.63, 3.8) is 0 Å². The second kappa shape index (κ2) is 3.95. The summed E-state index contributed by atoms with van der Waals surface area (Å²) in [5.41, 5.74) is 2.47. The van der Waals surface area contributed by atoms with Crippen LogP contribution in [0.1, 0.15) is 35.2 Å². The average molecular weight is 229 g/mol. The number of aryl methyl sites for hydroxylation is 1. The van der Waals surface area contributed by atoms with Gasteiger partial charge in [-0.1, -0.05) is 29.8 Å². The van der Waals surface area contributed by atoms with Crippen LogP contribution in [0.15, 0.2) is 24.3 Å². The molecule has 1 unspecified atom stereocenters. The molecule has 1 aromatic rings. The summed E-state index contributed by atoms with van der Waals surface area (Å²) in [4.78, 5) is 12.4. The molecule has 0 aromatic heterocycles. The van der Waals surface area contributed by atoms with Crippen molar-refractivity contribution in [1.29, 1.82) is 0 Å². The van der Waals surface area contributed by atoms with Gasteiger partial charge in [-0.3, -0.25) is 4.79 Å². The fourth-order valence-electron chi connectivity index (χ4n) is 3.11. The van der Waals surface area contributed by atoms with E-state index in [0.717, 1.165) is 25.1 Å². The van der Waals surface area contributed by atoms with Crippen LogP contribution < -0.4 is 5.32 Å². The number of nitrogens with one attached hydrogen (secondary N) is 1. The predicted molar refractivity (Wildman–Crippen MR) is 68.2 cm³/mol. The van der Waals surface area contributed by atoms with Crippen LogP contribution in [-0.2, 0) is 0 Å². The predicted octanol–water partition coefficient (Wildman–Crippen LogP) is 2.57. The van der Waals surface area contributed by atoms with Crippen molar-refractivity contribution in [2.24, 2.45) is 11.3 Å². The molecule has 1 aliphatic heterocycles. The van der Waals surface area contributed by atoms with Crippen molar-refractivity contribution in [3.05, 3.63) is 35.4 Å². The van der Waals surface area contributed by atoms with Crippen LogP contribution in [0.3, 0.4) is 0 Å². The maximum atomic E-state index is 12.4. The summed E-state index contributed by atoms with van der Waals surface area (Å²) in [6.07, 6.45) is 3.46. The van der Waals surface area contributed by atoms with Crippen LogP contribution in [0.2, 0.25) is 0 Å². The van der Waals surface area contributed by atoms with E-state index in [2.05, 4.69) is 12.2 Å². The minimum absolute atomic E-state index is 0.298. The van der Waals surface area contributed by atoms with Gasteiger partial charge in [0, 0.05) is 11.5 Å². The van der Waals surface area contributed by atoms with Gasteiger partial charge in [-0.25, -0.2) is 0 Å². The molecule has 90 valence electrons. The Hall–Kier alpha value is -1.15. The van der Waals surface area contributed by atoms with Crippen LogP contribution in [0.5, 0.6) is 0 Å². The van der Waals surface area contributed by atoms with Crippen LogP contribution in [0.4, 0.5) is 0 Å². The van der Waals surface area contributed by atoms with Gasteiger partial charge in [0.1, 0.15) is 0 Å². The summed E-state index contributed by atoms with van der Waals surface area (Å²) in [5.74, 6) is 0.666. The molecule has 1 atom stereocenters. The maximum absolute atomic E-state index is 12.4. The summed E-state index contributed by atoms with van der Waals surface area (Å²) in [5, 5.41) is 3.38. The van der Waals surface area contributed by atoms with E-state index in [1.807, 2.05) is 24.3 Å². The molecule has 0 bridgehead atoms. The van der Waals surface area contributed by atoms with Gasteiger partial charge in [-0.15, -0.1) is 0 Å². The van der Waals surface area contributed by atoms with Crippen molar-refractivity contribution >= 4 is 5.78 Å². The molecule has 1 N–H and O–H groups in total. The summed E-state index contributed by atoms with van der Waals surface area (Å²) < 4.78 is 0. The first-order chi connectivity index (χ1) is 8.21. The van der Waals surface area contributed by atoms with Gasteiger partial charge < -0.3 is 5.32 Å². The van der Waals surface area contributed by atoms with Crippen LogP contribution in [-0.4, -0.2) is 18.9 Å². The van der Waals surface area contributed by atoms with Crippen molar-refractivity contribution in [1.82, 2.24) is 5.32 Å². The molecule has 1 aliphatic carbocycles. The largest absolute Gasteiger partial charge is 0.317 e. The zero-order chi connectivity index (χ0) is 11.9. The Morgan fingerprint density at radius 1 is 1.24 bits per heavy atom. The highest BCUT2D eigenvalue weighted by Crippen LogP contribution is 2.59. The number of benzene rings is 1. The molecular weight excluding hydrogens is 210 g/mol. The number of hydrogen-bond acceptors (Lipinski definition) is 2. The molecule has 1 heterocycles. The first kappa shape index (κ1) is 11.0. The van der Waals surface area contributed by atoms with Gasteiger partial charge >= 0.3 is 0 Å². The van der Waals surface area contributed by atoms with E-state index < -0.39 is 0 Å². The van der Waals surface area contributed by atoms with Crippen LogP contribution >= 0.6 is 0 Å². The number of hydrogen-bond donors (Lipinski definition) is 1. The maximum Gasteiger partial charge on any atom is 0.166 e. The van der Waals surface area contributed by atoms with Crippen molar-refractivity contribution in [3.8, 4) is 0 Å². The topological polar surface area (TPSA) is 29.1 Å². The zero-order valence-corrected chi connectivity index (χ0v) is 10.3. The SMILES string of the molecule is Cc1ccc(C(=O)C2CC23CCNCC3)cc1. The molecule has 1 aromatic carbocycles. The molecule has 1 saturated carbocycles. The van der Waals surface area contributed by atoms with Gasteiger partial charge in [0.15, 0.2) is 5.78 Å². The fourth-order valence-corrected chi connectivity index (χ4v) is 3.11. The molecule has 1 spiro atoms. The number of rotatable bonds is 2. The van der Waals surface area contributed by atoms with E-state index in [1.165, 1.54) is 18.4 Å². The Morgan fingerprint density at radius 2 is 1.88 bits per heavy atom. The number of Topliss-reactive ketones (excluding diaryl/α,β-unsaturated/α-hetero) is 1. The standard InChI is InChI=1S/C15H19NO/c1-11-2-4-12(5-3-11)14(17)13-10-15(13)6-8-16-9-7-15/h2-5,13,16H,6-10H2,1H3. The number of carbonyl (C=O) groups is 1. The number of piperidine rings is 1. The highest BCUT2D eigenvalue weighted by molar-refractivity contribution is 6.00. The van der Waals surface area contributed by atoms with Crippen LogP contribution in [0.25, 0.3) is 0 Å². The average Bonchev–Trinajstić information content (AvgIpc) is 3.04. The first-order valence-electron chi connectivity index (χ1n) is 6.53. The van der Waals surface area contributed by atoms with Crippen LogP contribution in [0, 0.1) is 18.3 Å².